The summed E-state index contributed by atoms with van der Waals surface area (Å²) in [6.45, 7) is 2.00. The molecule has 1 aliphatic rings. The zero-order chi connectivity index (χ0) is 12.9. The predicted octanol–water partition coefficient (Wildman–Crippen LogP) is 2.56. The molecule has 3 rings (SSSR count). The quantitative estimate of drug-likeness (QED) is 0.914. The molecular formula is C15H18N4. The Morgan fingerprint density at radius 2 is 1.84 bits per heavy atom. The van der Waals surface area contributed by atoms with Crippen molar-refractivity contribution in [2.75, 3.05) is 23.3 Å². The Balaban J connectivity index is 1.65. The van der Waals surface area contributed by atoms with Crippen LogP contribution in [-0.2, 0) is 0 Å². The SMILES string of the molecule is c1ccc(N[C@@H]2CCCN(c3ncccn3)C2)cc1. The van der Waals surface area contributed by atoms with Crippen LogP contribution in [0.3, 0.4) is 0 Å². The lowest BCUT2D eigenvalue weighted by atomic mass is 10.1. The van der Waals surface area contributed by atoms with Crippen molar-refractivity contribution >= 4 is 11.6 Å². The van der Waals surface area contributed by atoms with E-state index >= 15 is 0 Å². The number of aromatic nitrogens is 2. The fourth-order valence-corrected chi connectivity index (χ4v) is 2.50. The zero-order valence-corrected chi connectivity index (χ0v) is 10.9. The summed E-state index contributed by atoms with van der Waals surface area (Å²) in [6, 6.07) is 12.7. The molecule has 19 heavy (non-hydrogen) atoms. The van der Waals surface area contributed by atoms with Gasteiger partial charge >= 0.3 is 0 Å². The molecule has 0 bridgehead atoms. The lowest BCUT2D eigenvalue weighted by Gasteiger charge is -2.33. The maximum Gasteiger partial charge on any atom is 0.225 e. The normalized spacial score (nSPS) is 19.2. The molecule has 2 aromatic rings. The van der Waals surface area contributed by atoms with Gasteiger partial charge in [0, 0.05) is 37.2 Å². The fourth-order valence-electron chi connectivity index (χ4n) is 2.50. The average Bonchev–Trinajstić information content (AvgIpc) is 2.49. The van der Waals surface area contributed by atoms with Crippen LogP contribution in [0.5, 0.6) is 0 Å². The van der Waals surface area contributed by atoms with Crippen molar-refractivity contribution in [3.8, 4) is 0 Å². The second kappa shape index (κ2) is 5.69. The molecule has 1 aromatic heterocycles. The third-order valence-corrected chi connectivity index (χ3v) is 3.40. The van der Waals surface area contributed by atoms with E-state index in [2.05, 4.69) is 44.5 Å². The molecule has 1 fully saturated rings. The van der Waals surface area contributed by atoms with Gasteiger partial charge in [0.1, 0.15) is 0 Å². The highest BCUT2D eigenvalue weighted by atomic mass is 15.3. The highest BCUT2D eigenvalue weighted by Gasteiger charge is 2.21. The molecule has 0 saturated carbocycles. The van der Waals surface area contributed by atoms with Gasteiger partial charge in [0.15, 0.2) is 0 Å². The summed E-state index contributed by atoms with van der Waals surface area (Å²) in [6.07, 6.45) is 5.97. The third-order valence-electron chi connectivity index (χ3n) is 3.40. The van der Waals surface area contributed by atoms with Crippen LogP contribution in [0.2, 0.25) is 0 Å². The molecule has 0 spiro atoms. The van der Waals surface area contributed by atoms with E-state index in [0.29, 0.717) is 6.04 Å². The lowest BCUT2D eigenvalue weighted by molar-refractivity contribution is 0.523. The molecule has 1 saturated heterocycles. The molecular weight excluding hydrogens is 236 g/mol. The highest BCUT2D eigenvalue weighted by Crippen LogP contribution is 2.18. The topological polar surface area (TPSA) is 41.0 Å². The number of piperidine rings is 1. The summed E-state index contributed by atoms with van der Waals surface area (Å²) in [5.74, 6) is 0.835. The van der Waals surface area contributed by atoms with Gasteiger partial charge in [-0.2, -0.15) is 0 Å². The summed E-state index contributed by atoms with van der Waals surface area (Å²) in [5.41, 5.74) is 1.18. The smallest absolute Gasteiger partial charge is 0.225 e. The molecule has 98 valence electrons. The number of hydrogen-bond acceptors (Lipinski definition) is 4. The fraction of sp³-hybridized carbons (Fsp3) is 0.333. The zero-order valence-electron chi connectivity index (χ0n) is 10.9. The number of rotatable bonds is 3. The second-order valence-corrected chi connectivity index (χ2v) is 4.84. The van der Waals surface area contributed by atoms with E-state index in [1.165, 1.54) is 18.5 Å². The first kappa shape index (κ1) is 12.0. The van der Waals surface area contributed by atoms with Crippen molar-refractivity contribution in [2.24, 2.45) is 0 Å². The molecule has 0 radical (unpaired) electrons. The molecule has 0 aliphatic carbocycles. The second-order valence-electron chi connectivity index (χ2n) is 4.84. The van der Waals surface area contributed by atoms with Gasteiger partial charge in [-0.05, 0) is 31.0 Å². The molecule has 1 N–H and O–H groups in total. The van der Waals surface area contributed by atoms with Gasteiger partial charge in [-0.3, -0.25) is 0 Å². The highest BCUT2D eigenvalue weighted by molar-refractivity contribution is 5.44. The largest absolute Gasteiger partial charge is 0.381 e. The van der Waals surface area contributed by atoms with Gasteiger partial charge in [0.05, 0.1) is 0 Å². The van der Waals surface area contributed by atoms with Crippen molar-refractivity contribution in [2.45, 2.75) is 18.9 Å². The first-order chi connectivity index (χ1) is 9.42. The molecule has 1 aliphatic heterocycles. The van der Waals surface area contributed by atoms with E-state index in [9.17, 15) is 0 Å². The average molecular weight is 254 g/mol. The first-order valence-corrected chi connectivity index (χ1v) is 6.75. The maximum absolute atomic E-state index is 4.33. The van der Waals surface area contributed by atoms with Gasteiger partial charge < -0.3 is 10.2 Å². The van der Waals surface area contributed by atoms with Crippen molar-refractivity contribution in [1.29, 1.82) is 0 Å². The van der Waals surface area contributed by atoms with E-state index in [1.807, 2.05) is 12.1 Å². The van der Waals surface area contributed by atoms with Crippen molar-refractivity contribution < 1.29 is 0 Å². The Labute approximate surface area is 113 Å². The summed E-state index contributed by atoms with van der Waals surface area (Å²) in [4.78, 5) is 10.9. The van der Waals surface area contributed by atoms with Crippen LogP contribution in [0.4, 0.5) is 11.6 Å². The van der Waals surface area contributed by atoms with Crippen LogP contribution < -0.4 is 10.2 Å². The van der Waals surface area contributed by atoms with E-state index in [-0.39, 0.29) is 0 Å². The standard InChI is InChI=1S/C15H18N4/c1-2-6-13(7-3-1)18-14-8-4-11-19(12-14)15-16-9-5-10-17-15/h1-3,5-7,9-10,14,18H,4,8,11-12H2/t14-/m1/s1. The van der Waals surface area contributed by atoms with Gasteiger partial charge in [-0.15, -0.1) is 0 Å². The maximum atomic E-state index is 4.33. The van der Waals surface area contributed by atoms with Crippen molar-refractivity contribution in [1.82, 2.24) is 9.97 Å². The van der Waals surface area contributed by atoms with Crippen LogP contribution in [0.1, 0.15) is 12.8 Å². The number of anilines is 2. The molecule has 0 unspecified atom stereocenters. The number of nitrogens with zero attached hydrogens (tertiary/aromatic N) is 3. The molecule has 2 heterocycles. The molecule has 1 atom stereocenters. The third kappa shape index (κ3) is 3.02. The van der Waals surface area contributed by atoms with Crippen molar-refractivity contribution in [3.05, 3.63) is 48.8 Å². The van der Waals surface area contributed by atoms with Crippen LogP contribution in [-0.4, -0.2) is 29.1 Å². The van der Waals surface area contributed by atoms with Gasteiger partial charge in [-0.25, -0.2) is 9.97 Å². The summed E-state index contributed by atoms with van der Waals surface area (Å²) >= 11 is 0. The van der Waals surface area contributed by atoms with Gasteiger partial charge in [0.25, 0.3) is 0 Å². The van der Waals surface area contributed by atoms with Crippen LogP contribution in [0, 0.1) is 0 Å². The molecule has 0 amide bonds. The Morgan fingerprint density at radius 3 is 2.63 bits per heavy atom. The molecule has 4 nitrogen and oxygen atoms in total. The number of nitrogens with one attached hydrogen (secondary N) is 1. The summed E-state index contributed by atoms with van der Waals surface area (Å²) < 4.78 is 0. The Bertz CT molecular complexity index is 500. The Kier molecular flexibility index (Phi) is 3.58. The number of para-hydroxylation sites is 1. The minimum absolute atomic E-state index is 0.458. The number of hydrogen-bond donors (Lipinski definition) is 1. The van der Waals surface area contributed by atoms with E-state index in [4.69, 9.17) is 0 Å². The van der Waals surface area contributed by atoms with Crippen molar-refractivity contribution in [3.63, 3.8) is 0 Å². The Hall–Kier alpha value is -2.10. The van der Waals surface area contributed by atoms with E-state index < -0.39 is 0 Å². The number of benzene rings is 1. The Morgan fingerprint density at radius 1 is 1.05 bits per heavy atom. The van der Waals surface area contributed by atoms with Gasteiger partial charge in [-0.1, -0.05) is 18.2 Å². The van der Waals surface area contributed by atoms with E-state index in [1.54, 1.807) is 12.4 Å². The van der Waals surface area contributed by atoms with Crippen LogP contribution in [0.25, 0.3) is 0 Å². The minimum Gasteiger partial charge on any atom is -0.381 e. The minimum atomic E-state index is 0.458. The van der Waals surface area contributed by atoms with Crippen LogP contribution in [0.15, 0.2) is 48.8 Å². The predicted molar refractivity (Wildman–Crippen MR) is 77.3 cm³/mol. The monoisotopic (exact) mass is 254 g/mol. The van der Waals surface area contributed by atoms with Crippen LogP contribution >= 0.6 is 0 Å². The first-order valence-electron chi connectivity index (χ1n) is 6.75. The summed E-state index contributed by atoms with van der Waals surface area (Å²) in [5, 5.41) is 3.58. The lowest BCUT2D eigenvalue weighted by Crippen LogP contribution is -2.42. The molecule has 4 heteroatoms. The van der Waals surface area contributed by atoms with E-state index in [0.717, 1.165) is 19.0 Å². The summed E-state index contributed by atoms with van der Waals surface area (Å²) in [7, 11) is 0. The van der Waals surface area contributed by atoms with Gasteiger partial charge in [0.2, 0.25) is 5.95 Å². The molecule has 1 aromatic carbocycles.